The molecule has 0 bridgehead atoms. The zero-order valence-electron chi connectivity index (χ0n) is 14.5. The smallest absolute Gasteiger partial charge is 0.133 e. The fourth-order valence-electron chi connectivity index (χ4n) is 7.38. The van der Waals surface area contributed by atoms with E-state index in [9.17, 15) is 9.90 Å². The van der Waals surface area contributed by atoms with Crippen LogP contribution in [0.3, 0.4) is 0 Å². The van der Waals surface area contributed by atoms with E-state index in [4.69, 9.17) is 0 Å². The zero-order valence-corrected chi connectivity index (χ0v) is 14.5. The van der Waals surface area contributed by atoms with Gasteiger partial charge in [0.05, 0.1) is 6.10 Å². The Kier molecular flexibility index (Phi) is 3.32. The van der Waals surface area contributed by atoms with Gasteiger partial charge in [-0.1, -0.05) is 20.8 Å². The molecule has 3 unspecified atom stereocenters. The molecule has 0 aromatic rings. The van der Waals surface area contributed by atoms with Gasteiger partial charge < -0.3 is 5.11 Å². The Hall–Kier alpha value is -0.370. The number of carbonyl (C=O) groups excluding carboxylic acids is 1. The first kappa shape index (κ1) is 15.2. The second-order valence-electron chi connectivity index (χ2n) is 9.60. The number of hydrogen-bond donors (Lipinski definition) is 1. The van der Waals surface area contributed by atoms with Gasteiger partial charge in [-0.05, 0) is 78.9 Å². The van der Waals surface area contributed by atoms with Crippen molar-refractivity contribution in [2.24, 2.45) is 40.4 Å². The topological polar surface area (TPSA) is 37.3 Å². The molecule has 8 atom stereocenters. The highest BCUT2D eigenvalue weighted by Crippen LogP contribution is 2.66. The van der Waals surface area contributed by atoms with E-state index < -0.39 is 0 Å². The van der Waals surface area contributed by atoms with E-state index >= 15 is 0 Å². The summed E-state index contributed by atoms with van der Waals surface area (Å²) in [5.74, 6) is 3.93. The molecule has 0 spiro atoms. The van der Waals surface area contributed by atoms with E-state index in [-0.39, 0.29) is 11.5 Å². The van der Waals surface area contributed by atoms with Gasteiger partial charge in [-0.25, -0.2) is 0 Å². The van der Waals surface area contributed by atoms with Gasteiger partial charge in [0.2, 0.25) is 0 Å². The maximum Gasteiger partial charge on any atom is 0.133 e. The predicted octanol–water partition coefficient (Wildman–Crippen LogP) is 4.21. The summed E-state index contributed by atoms with van der Waals surface area (Å²) >= 11 is 0. The third-order valence-corrected chi connectivity index (χ3v) is 8.76. The molecular weight excluding hydrogens is 272 g/mol. The van der Waals surface area contributed by atoms with Crippen LogP contribution in [0, 0.1) is 40.4 Å². The number of ketones is 1. The minimum absolute atomic E-state index is 0.100. The van der Waals surface area contributed by atoms with E-state index in [1.165, 1.54) is 32.1 Å². The number of aliphatic hydroxyl groups is 1. The van der Waals surface area contributed by atoms with Gasteiger partial charge in [0.25, 0.3) is 0 Å². The summed E-state index contributed by atoms with van der Waals surface area (Å²) in [5, 5.41) is 10.7. The van der Waals surface area contributed by atoms with Crippen molar-refractivity contribution in [1.29, 1.82) is 0 Å². The maximum absolute atomic E-state index is 11.9. The quantitative estimate of drug-likeness (QED) is 0.728. The van der Waals surface area contributed by atoms with E-state index in [1.807, 2.05) is 0 Å². The monoisotopic (exact) mass is 304 g/mol. The fraction of sp³-hybridized carbons (Fsp3) is 0.950. The Morgan fingerprint density at radius 1 is 1.05 bits per heavy atom. The summed E-state index contributed by atoms with van der Waals surface area (Å²) in [7, 11) is 0. The third-order valence-electron chi connectivity index (χ3n) is 8.76. The number of carbonyl (C=O) groups is 1. The van der Waals surface area contributed by atoms with Crippen molar-refractivity contribution in [2.75, 3.05) is 0 Å². The van der Waals surface area contributed by atoms with Crippen molar-refractivity contribution in [1.82, 2.24) is 0 Å². The van der Waals surface area contributed by atoms with Crippen LogP contribution in [0.5, 0.6) is 0 Å². The molecule has 0 aromatic carbocycles. The molecule has 0 heterocycles. The highest BCUT2D eigenvalue weighted by molar-refractivity contribution is 5.79. The van der Waals surface area contributed by atoms with Crippen LogP contribution in [0.1, 0.15) is 72.1 Å². The largest absolute Gasteiger partial charge is 0.392 e. The molecule has 0 aliphatic heterocycles. The average molecular weight is 304 g/mol. The minimum atomic E-state index is -0.100. The SMILES string of the molecule is CC1C[C@H]2[C@@H]3CCC4CC(=O)CC[C@]4(C)[C@@H]3CC[C@]2(C)C1O. The Morgan fingerprint density at radius 2 is 1.82 bits per heavy atom. The molecule has 4 fully saturated rings. The van der Waals surface area contributed by atoms with Crippen LogP contribution in [0.4, 0.5) is 0 Å². The Bertz CT molecular complexity index is 486. The van der Waals surface area contributed by atoms with E-state index in [1.54, 1.807) is 0 Å². The zero-order chi connectivity index (χ0) is 15.7. The standard InChI is InChI=1S/C20H32O2/c1-12-10-17-15-5-4-13-11-14(21)6-8-19(13,2)16(15)7-9-20(17,3)18(12)22/h12-13,15-18,22H,4-11H2,1-3H3/t12?,13?,15-,16-,17+,18?,19+,20+/m1/s1. The molecule has 22 heavy (non-hydrogen) atoms. The van der Waals surface area contributed by atoms with E-state index in [2.05, 4.69) is 20.8 Å². The molecule has 4 aliphatic carbocycles. The summed E-state index contributed by atoms with van der Waals surface area (Å²) in [4.78, 5) is 11.9. The molecule has 124 valence electrons. The fourth-order valence-corrected chi connectivity index (χ4v) is 7.38. The minimum Gasteiger partial charge on any atom is -0.392 e. The highest BCUT2D eigenvalue weighted by Gasteiger charge is 2.61. The molecule has 0 radical (unpaired) electrons. The Balaban J connectivity index is 1.64. The van der Waals surface area contributed by atoms with E-state index in [0.29, 0.717) is 29.0 Å². The van der Waals surface area contributed by atoms with Crippen molar-refractivity contribution in [2.45, 2.75) is 78.2 Å². The van der Waals surface area contributed by atoms with E-state index in [0.717, 1.165) is 31.1 Å². The molecule has 0 amide bonds. The van der Waals surface area contributed by atoms with Crippen LogP contribution < -0.4 is 0 Å². The van der Waals surface area contributed by atoms with Gasteiger partial charge >= 0.3 is 0 Å². The summed E-state index contributed by atoms with van der Waals surface area (Å²) in [6.45, 7) is 7.11. The van der Waals surface area contributed by atoms with Gasteiger partial charge in [-0.2, -0.15) is 0 Å². The molecule has 0 saturated heterocycles. The molecule has 0 aromatic heterocycles. The second kappa shape index (κ2) is 4.82. The van der Waals surface area contributed by atoms with Gasteiger partial charge in [0, 0.05) is 12.8 Å². The first-order chi connectivity index (χ1) is 10.4. The Morgan fingerprint density at radius 3 is 2.59 bits per heavy atom. The first-order valence-corrected chi connectivity index (χ1v) is 9.56. The van der Waals surface area contributed by atoms with Gasteiger partial charge in [0.1, 0.15) is 5.78 Å². The number of hydrogen-bond acceptors (Lipinski definition) is 2. The van der Waals surface area contributed by atoms with Gasteiger partial charge in [0.15, 0.2) is 0 Å². The lowest BCUT2D eigenvalue weighted by Crippen LogP contribution is -2.54. The molecule has 2 nitrogen and oxygen atoms in total. The average Bonchev–Trinajstić information content (AvgIpc) is 2.72. The lowest BCUT2D eigenvalue weighted by Gasteiger charge is -2.60. The second-order valence-corrected chi connectivity index (χ2v) is 9.60. The molecule has 2 heteroatoms. The normalized spacial score (nSPS) is 57.9. The van der Waals surface area contributed by atoms with Crippen molar-refractivity contribution in [3.8, 4) is 0 Å². The summed E-state index contributed by atoms with van der Waals surface area (Å²) < 4.78 is 0. The van der Waals surface area contributed by atoms with Crippen molar-refractivity contribution in [3.05, 3.63) is 0 Å². The maximum atomic E-state index is 11.9. The molecule has 4 rings (SSSR count). The summed E-state index contributed by atoms with van der Waals surface area (Å²) in [5.41, 5.74) is 0.559. The molecule has 4 saturated carbocycles. The van der Waals surface area contributed by atoms with Crippen LogP contribution in [0.2, 0.25) is 0 Å². The van der Waals surface area contributed by atoms with Crippen LogP contribution in [0.25, 0.3) is 0 Å². The highest BCUT2D eigenvalue weighted by atomic mass is 16.3. The van der Waals surface area contributed by atoms with Crippen LogP contribution in [-0.2, 0) is 4.79 Å². The summed E-state index contributed by atoms with van der Waals surface area (Å²) in [6, 6.07) is 0. The van der Waals surface area contributed by atoms with Crippen LogP contribution >= 0.6 is 0 Å². The molecule has 1 N–H and O–H groups in total. The summed E-state index contributed by atoms with van der Waals surface area (Å²) in [6.07, 6.45) is 8.94. The lowest BCUT2D eigenvalue weighted by atomic mass is 9.45. The number of rotatable bonds is 0. The molecule has 4 aliphatic rings. The van der Waals surface area contributed by atoms with Crippen molar-refractivity contribution >= 4 is 5.78 Å². The van der Waals surface area contributed by atoms with Gasteiger partial charge in [-0.3, -0.25) is 4.79 Å². The lowest BCUT2D eigenvalue weighted by molar-refractivity contribution is -0.142. The number of fused-ring (bicyclic) bond motifs is 5. The molecular formula is C20H32O2. The first-order valence-electron chi connectivity index (χ1n) is 9.56. The van der Waals surface area contributed by atoms with Crippen LogP contribution in [0.15, 0.2) is 0 Å². The third kappa shape index (κ3) is 1.85. The van der Waals surface area contributed by atoms with Crippen molar-refractivity contribution in [3.63, 3.8) is 0 Å². The van der Waals surface area contributed by atoms with Crippen molar-refractivity contribution < 1.29 is 9.90 Å². The Labute approximate surface area is 135 Å². The number of Topliss-reactive ketones (excluding diaryl/α,β-unsaturated/α-hetero) is 1. The van der Waals surface area contributed by atoms with Gasteiger partial charge in [-0.15, -0.1) is 0 Å². The predicted molar refractivity (Wildman–Crippen MR) is 87.3 cm³/mol. The van der Waals surface area contributed by atoms with Crippen LogP contribution in [-0.4, -0.2) is 17.0 Å². The number of aliphatic hydroxyl groups excluding tert-OH is 1.